The minimum absolute atomic E-state index is 0.0259. The molecule has 142 valence electrons. The monoisotopic (exact) mass is 369 g/mol. The second-order valence-corrected chi connectivity index (χ2v) is 5.44. The van der Waals surface area contributed by atoms with Gasteiger partial charge in [-0.3, -0.25) is 4.79 Å². The third-order valence-corrected chi connectivity index (χ3v) is 3.57. The predicted octanol–water partition coefficient (Wildman–Crippen LogP) is 3.43. The van der Waals surface area contributed by atoms with E-state index in [1.54, 1.807) is 42.5 Å². The maximum Gasteiger partial charge on any atom is 0.354 e. The zero-order valence-electron chi connectivity index (χ0n) is 15.7. The average molecular weight is 369 g/mol. The van der Waals surface area contributed by atoms with Crippen molar-refractivity contribution in [1.82, 2.24) is 5.32 Å². The highest BCUT2D eigenvalue weighted by atomic mass is 16.5. The summed E-state index contributed by atoms with van der Waals surface area (Å²) in [5, 5.41) is 2.60. The van der Waals surface area contributed by atoms with Gasteiger partial charge < -0.3 is 19.5 Å². The lowest BCUT2D eigenvalue weighted by Gasteiger charge is -2.12. The highest BCUT2D eigenvalue weighted by molar-refractivity contribution is 6.03. The first kappa shape index (κ1) is 20.0. The van der Waals surface area contributed by atoms with Gasteiger partial charge in [-0.1, -0.05) is 24.3 Å². The van der Waals surface area contributed by atoms with Crippen molar-refractivity contribution >= 4 is 18.0 Å². The summed E-state index contributed by atoms with van der Waals surface area (Å²) in [6.45, 7) is 4.74. The summed E-state index contributed by atoms with van der Waals surface area (Å²) < 4.78 is 15.9. The molecule has 6 nitrogen and oxygen atoms in total. The Morgan fingerprint density at radius 3 is 2.26 bits per heavy atom. The smallest absolute Gasteiger partial charge is 0.354 e. The Morgan fingerprint density at radius 1 is 0.963 bits per heavy atom. The molecular formula is C21H23NO5. The fourth-order valence-electron chi connectivity index (χ4n) is 2.36. The minimum Gasteiger partial charge on any atom is -0.490 e. The van der Waals surface area contributed by atoms with Crippen molar-refractivity contribution < 1.29 is 23.8 Å². The first-order chi connectivity index (χ1) is 13.1. The number of carbonyl (C=O) groups excluding carboxylic acids is 2. The van der Waals surface area contributed by atoms with Crippen LogP contribution in [-0.2, 0) is 9.53 Å². The Bertz CT molecular complexity index is 815. The van der Waals surface area contributed by atoms with E-state index < -0.39 is 11.9 Å². The Morgan fingerprint density at radius 2 is 1.63 bits per heavy atom. The fraction of sp³-hybridized carbons (Fsp3) is 0.238. The Kier molecular flexibility index (Phi) is 7.43. The van der Waals surface area contributed by atoms with Gasteiger partial charge in [0, 0.05) is 5.56 Å². The molecule has 2 aromatic carbocycles. The van der Waals surface area contributed by atoms with Crippen molar-refractivity contribution in [1.29, 1.82) is 0 Å². The van der Waals surface area contributed by atoms with E-state index in [0.717, 1.165) is 0 Å². The summed E-state index contributed by atoms with van der Waals surface area (Å²) in [5.74, 6) is 0.130. The first-order valence-corrected chi connectivity index (χ1v) is 8.65. The second-order valence-electron chi connectivity index (χ2n) is 5.44. The van der Waals surface area contributed by atoms with Crippen LogP contribution >= 0.6 is 0 Å². The highest BCUT2D eigenvalue weighted by Crippen LogP contribution is 2.29. The number of esters is 1. The topological polar surface area (TPSA) is 73.9 Å². The van der Waals surface area contributed by atoms with Gasteiger partial charge in [0.25, 0.3) is 5.91 Å². The van der Waals surface area contributed by atoms with Crippen molar-refractivity contribution in [2.45, 2.75) is 13.8 Å². The molecule has 2 rings (SSSR count). The third kappa shape index (κ3) is 5.60. The molecule has 0 aliphatic heterocycles. The first-order valence-electron chi connectivity index (χ1n) is 8.65. The molecule has 0 bridgehead atoms. The van der Waals surface area contributed by atoms with E-state index in [1.807, 2.05) is 19.9 Å². The second kappa shape index (κ2) is 10.0. The number of hydrogen-bond acceptors (Lipinski definition) is 5. The van der Waals surface area contributed by atoms with Gasteiger partial charge in [0.2, 0.25) is 0 Å². The Labute approximate surface area is 158 Å². The van der Waals surface area contributed by atoms with E-state index in [1.165, 1.54) is 13.2 Å². The van der Waals surface area contributed by atoms with E-state index in [4.69, 9.17) is 14.2 Å². The SMILES string of the molecule is CCOc1ccc(/C=C(/NC(=O)c2ccccc2)C(=O)OC)cc1OCC. The molecule has 0 aliphatic rings. The zero-order chi connectivity index (χ0) is 19.6. The standard InChI is InChI=1S/C21H23NO5/c1-4-26-18-12-11-15(14-19(18)27-5-2)13-17(21(24)25-3)22-20(23)16-9-7-6-8-10-16/h6-14H,4-5H2,1-3H3,(H,22,23)/b17-13+. The third-order valence-electron chi connectivity index (χ3n) is 3.57. The van der Waals surface area contributed by atoms with Crippen molar-refractivity contribution in [3.63, 3.8) is 0 Å². The van der Waals surface area contributed by atoms with Crippen LogP contribution in [0.5, 0.6) is 11.5 Å². The van der Waals surface area contributed by atoms with Gasteiger partial charge in [0.1, 0.15) is 5.70 Å². The van der Waals surface area contributed by atoms with E-state index in [-0.39, 0.29) is 5.70 Å². The fourth-order valence-corrected chi connectivity index (χ4v) is 2.36. The normalized spacial score (nSPS) is 10.9. The molecule has 0 aromatic heterocycles. The molecule has 0 aliphatic carbocycles. The number of methoxy groups -OCH3 is 1. The van der Waals surface area contributed by atoms with Crippen molar-refractivity contribution in [2.75, 3.05) is 20.3 Å². The molecule has 0 unspecified atom stereocenters. The van der Waals surface area contributed by atoms with Crippen molar-refractivity contribution in [3.05, 3.63) is 65.4 Å². The van der Waals surface area contributed by atoms with E-state index in [2.05, 4.69) is 5.32 Å². The molecule has 0 saturated carbocycles. The molecule has 0 atom stereocenters. The molecule has 27 heavy (non-hydrogen) atoms. The van der Waals surface area contributed by atoms with Crippen LogP contribution in [0.25, 0.3) is 6.08 Å². The van der Waals surface area contributed by atoms with E-state index in [0.29, 0.717) is 35.8 Å². The van der Waals surface area contributed by atoms with Crippen LogP contribution in [-0.4, -0.2) is 32.2 Å². The van der Waals surface area contributed by atoms with Gasteiger partial charge in [-0.2, -0.15) is 0 Å². The number of rotatable bonds is 8. The van der Waals surface area contributed by atoms with Crippen LogP contribution in [0.2, 0.25) is 0 Å². The minimum atomic E-state index is -0.647. The van der Waals surface area contributed by atoms with E-state index >= 15 is 0 Å². The van der Waals surface area contributed by atoms with Gasteiger partial charge in [-0.05, 0) is 49.8 Å². The number of ether oxygens (including phenoxy) is 3. The van der Waals surface area contributed by atoms with Crippen LogP contribution in [0.15, 0.2) is 54.2 Å². The zero-order valence-corrected chi connectivity index (χ0v) is 15.7. The lowest BCUT2D eigenvalue weighted by atomic mass is 10.1. The van der Waals surface area contributed by atoms with Crippen LogP contribution in [0.3, 0.4) is 0 Å². The molecule has 1 amide bonds. The van der Waals surface area contributed by atoms with Crippen molar-refractivity contribution in [3.8, 4) is 11.5 Å². The molecule has 0 saturated heterocycles. The van der Waals surface area contributed by atoms with Crippen LogP contribution in [0.4, 0.5) is 0 Å². The van der Waals surface area contributed by atoms with Crippen LogP contribution < -0.4 is 14.8 Å². The summed E-state index contributed by atoms with van der Waals surface area (Å²) in [7, 11) is 1.26. The van der Waals surface area contributed by atoms with Gasteiger partial charge in [0.15, 0.2) is 11.5 Å². The van der Waals surface area contributed by atoms with Crippen LogP contribution in [0, 0.1) is 0 Å². The molecule has 0 radical (unpaired) electrons. The maximum absolute atomic E-state index is 12.4. The molecule has 0 fully saturated rings. The summed E-state index contributed by atoms with van der Waals surface area (Å²) in [5.41, 5.74) is 1.13. The quantitative estimate of drug-likeness (QED) is 0.570. The lowest BCUT2D eigenvalue weighted by molar-refractivity contribution is -0.136. The predicted molar refractivity (Wildman–Crippen MR) is 103 cm³/mol. The van der Waals surface area contributed by atoms with Gasteiger partial charge in [-0.25, -0.2) is 4.79 Å². The van der Waals surface area contributed by atoms with Crippen LogP contribution in [0.1, 0.15) is 29.8 Å². The highest BCUT2D eigenvalue weighted by Gasteiger charge is 2.15. The summed E-state index contributed by atoms with van der Waals surface area (Å²) >= 11 is 0. The average Bonchev–Trinajstić information content (AvgIpc) is 2.69. The van der Waals surface area contributed by atoms with E-state index in [9.17, 15) is 9.59 Å². The van der Waals surface area contributed by atoms with Crippen molar-refractivity contribution in [2.24, 2.45) is 0 Å². The number of hydrogen-bond donors (Lipinski definition) is 1. The lowest BCUT2D eigenvalue weighted by Crippen LogP contribution is -2.28. The summed E-state index contributed by atoms with van der Waals surface area (Å²) in [6.07, 6.45) is 1.53. The maximum atomic E-state index is 12.4. The Balaban J connectivity index is 2.33. The molecule has 0 spiro atoms. The van der Waals surface area contributed by atoms with Gasteiger partial charge >= 0.3 is 5.97 Å². The molecular weight excluding hydrogens is 346 g/mol. The summed E-state index contributed by atoms with van der Waals surface area (Å²) in [4.78, 5) is 24.5. The molecule has 6 heteroatoms. The van der Waals surface area contributed by atoms with Gasteiger partial charge in [0.05, 0.1) is 20.3 Å². The molecule has 0 heterocycles. The Hall–Kier alpha value is -3.28. The molecule has 1 N–H and O–H groups in total. The summed E-state index contributed by atoms with van der Waals surface area (Å²) in [6, 6.07) is 13.9. The number of carbonyl (C=O) groups is 2. The van der Waals surface area contributed by atoms with Gasteiger partial charge in [-0.15, -0.1) is 0 Å². The number of nitrogens with one attached hydrogen (secondary N) is 1. The largest absolute Gasteiger partial charge is 0.490 e. The molecule has 2 aromatic rings. The number of benzene rings is 2. The number of amides is 1.